The normalized spacial score (nSPS) is 20.2. The lowest BCUT2D eigenvalue weighted by Crippen LogP contribution is -2.36. The molecule has 0 aromatic rings. The van der Waals surface area contributed by atoms with Crippen LogP contribution in [0.2, 0.25) is 0 Å². The zero-order chi connectivity index (χ0) is 8.81. The third kappa shape index (κ3) is 4.30. The maximum atomic E-state index is 5.38. The van der Waals surface area contributed by atoms with Crippen LogP contribution in [0.3, 0.4) is 0 Å². The molecule has 0 bridgehead atoms. The van der Waals surface area contributed by atoms with E-state index < -0.39 is 0 Å². The summed E-state index contributed by atoms with van der Waals surface area (Å²) in [5.41, 5.74) is 0. The molecule has 0 amide bonds. The summed E-state index contributed by atoms with van der Waals surface area (Å²) in [4.78, 5) is 2.34. The van der Waals surface area contributed by atoms with Crippen molar-refractivity contribution in [2.75, 3.05) is 32.2 Å². The lowest BCUT2D eigenvalue weighted by molar-refractivity contribution is 0.0465. The van der Waals surface area contributed by atoms with Crippen LogP contribution in [-0.2, 0) is 8.92 Å². The molecule has 1 fully saturated rings. The fraction of sp³-hybridized carbons (Fsp3) is 1.00. The quantitative estimate of drug-likeness (QED) is 0.625. The number of ether oxygens (including phenoxy) is 1. The maximum Gasteiger partial charge on any atom is 0.0712 e. The molecular formula is C8H17NO2S. The van der Waals surface area contributed by atoms with Gasteiger partial charge in [0.05, 0.1) is 25.2 Å². The van der Waals surface area contributed by atoms with Gasteiger partial charge in [-0.3, -0.25) is 4.90 Å². The number of morpholine rings is 1. The van der Waals surface area contributed by atoms with Crippen molar-refractivity contribution >= 4 is 12.0 Å². The van der Waals surface area contributed by atoms with Gasteiger partial charge in [-0.05, 0) is 13.8 Å². The van der Waals surface area contributed by atoms with Gasteiger partial charge in [-0.15, -0.1) is 0 Å². The van der Waals surface area contributed by atoms with Crippen LogP contribution < -0.4 is 0 Å². The molecule has 1 heterocycles. The van der Waals surface area contributed by atoms with E-state index in [-0.39, 0.29) is 0 Å². The number of rotatable bonds is 4. The van der Waals surface area contributed by atoms with E-state index in [1.54, 1.807) is 0 Å². The van der Waals surface area contributed by atoms with E-state index in [4.69, 9.17) is 8.92 Å². The predicted molar refractivity (Wildman–Crippen MR) is 51.1 cm³/mol. The zero-order valence-corrected chi connectivity index (χ0v) is 8.60. The van der Waals surface area contributed by atoms with Crippen LogP contribution in [0.15, 0.2) is 0 Å². The molecule has 4 heteroatoms. The van der Waals surface area contributed by atoms with E-state index in [0.717, 1.165) is 32.2 Å². The van der Waals surface area contributed by atoms with Gasteiger partial charge in [-0.25, -0.2) is 0 Å². The van der Waals surface area contributed by atoms with E-state index >= 15 is 0 Å². The van der Waals surface area contributed by atoms with E-state index in [1.165, 1.54) is 12.0 Å². The first kappa shape index (κ1) is 10.3. The summed E-state index contributed by atoms with van der Waals surface area (Å²) in [7, 11) is 0. The van der Waals surface area contributed by atoms with Gasteiger partial charge in [-0.2, -0.15) is 0 Å². The summed E-state index contributed by atoms with van der Waals surface area (Å²) in [5, 5.41) is 0. The molecule has 1 aliphatic rings. The molecule has 12 heavy (non-hydrogen) atoms. The molecular weight excluding hydrogens is 174 g/mol. The Morgan fingerprint density at radius 3 is 2.67 bits per heavy atom. The summed E-state index contributed by atoms with van der Waals surface area (Å²) < 4.78 is 10.6. The van der Waals surface area contributed by atoms with E-state index in [1.807, 2.05) is 13.8 Å². The number of hydrogen-bond donors (Lipinski definition) is 0. The number of nitrogens with zero attached hydrogens (tertiary/aromatic N) is 1. The van der Waals surface area contributed by atoms with Crippen molar-refractivity contribution in [3.05, 3.63) is 0 Å². The highest BCUT2D eigenvalue weighted by atomic mass is 32.2. The second kappa shape index (κ2) is 5.80. The van der Waals surface area contributed by atoms with E-state index in [9.17, 15) is 0 Å². The third-order valence-corrected chi connectivity index (χ3v) is 2.59. The second-order valence-corrected chi connectivity index (χ2v) is 3.81. The molecule has 0 radical (unpaired) electrons. The fourth-order valence-corrected chi connectivity index (χ4v) is 1.71. The first-order chi connectivity index (χ1) is 5.79. The van der Waals surface area contributed by atoms with E-state index in [2.05, 4.69) is 4.90 Å². The van der Waals surface area contributed by atoms with Crippen LogP contribution >= 0.6 is 12.0 Å². The highest BCUT2D eigenvalue weighted by molar-refractivity contribution is 7.94. The largest absolute Gasteiger partial charge is 0.379 e. The molecule has 0 aliphatic carbocycles. The SMILES string of the molecule is CC(C)OSCN1CCOCC1. The molecule has 3 nitrogen and oxygen atoms in total. The Morgan fingerprint density at radius 2 is 2.08 bits per heavy atom. The minimum atomic E-state index is 0.316. The third-order valence-electron chi connectivity index (χ3n) is 1.60. The minimum absolute atomic E-state index is 0.316. The summed E-state index contributed by atoms with van der Waals surface area (Å²) in [5.74, 6) is 0.960. The fourth-order valence-electron chi connectivity index (χ4n) is 0.971. The van der Waals surface area contributed by atoms with Gasteiger partial charge in [0.1, 0.15) is 0 Å². The molecule has 0 aromatic heterocycles. The Morgan fingerprint density at radius 1 is 1.42 bits per heavy atom. The lowest BCUT2D eigenvalue weighted by Gasteiger charge is -2.25. The maximum absolute atomic E-state index is 5.38. The molecule has 0 atom stereocenters. The molecule has 72 valence electrons. The molecule has 0 unspecified atom stereocenters. The van der Waals surface area contributed by atoms with Crippen molar-refractivity contribution in [2.45, 2.75) is 20.0 Å². The van der Waals surface area contributed by atoms with Gasteiger partial charge in [-0.1, -0.05) is 0 Å². The van der Waals surface area contributed by atoms with Crippen LogP contribution in [-0.4, -0.2) is 43.2 Å². The summed E-state index contributed by atoms with van der Waals surface area (Å²) in [6, 6.07) is 0. The summed E-state index contributed by atoms with van der Waals surface area (Å²) in [6.45, 7) is 7.89. The second-order valence-electron chi connectivity index (χ2n) is 3.12. The van der Waals surface area contributed by atoms with Crippen molar-refractivity contribution < 1.29 is 8.92 Å². The van der Waals surface area contributed by atoms with Crippen LogP contribution in [0.25, 0.3) is 0 Å². The molecule has 0 aromatic carbocycles. The molecule has 0 saturated carbocycles. The van der Waals surface area contributed by atoms with Crippen molar-refractivity contribution in [3.8, 4) is 0 Å². The van der Waals surface area contributed by atoms with Crippen molar-refractivity contribution in [1.82, 2.24) is 4.90 Å². The zero-order valence-electron chi connectivity index (χ0n) is 7.78. The van der Waals surface area contributed by atoms with Gasteiger partial charge in [0, 0.05) is 25.1 Å². The molecule has 1 rings (SSSR count). The average Bonchev–Trinajstić information content (AvgIpc) is 2.05. The Kier molecular flexibility index (Phi) is 4.99. The summed E-state index contributed by atoms with van der Waals surface area (Å²) >= 11 is 1.54. The average molecular weight is 191 g/mol. The van der Waals surface area contributed by atoms with Gasteiger partial charge in [0.2, 0.25) is 0 Å². The minimum Gasteiger partial charge on any atom is -0.379 e. The smallest absolute Gasteiger partial charge is 0.0712 e. The first-order valence-electron chi connectivity index (χ1n) is 4.37. The number of hydrogen-bond acceptors (Lipinski definition) is 4. The van der Waals surface area contributed by atoms with Gasteiger partial charge >= 0.3 is 0 Å². The van der Waals surface area contributed by atoms with Crippen molar-refractivity contribution in [2.24, 2.45) is 0 Å². The topological polar surface area (TPSA) is 21.7 Å². The Bertz CT molecular complexity index is 116. The standard InChI is InChI=1S/C8H17NO2S/c1-8(2)11-12-7-9-3-5-10-6-4-9/h8H,3-7H2,1-2H3. The van der Waals surface area contributed by atoms with Crippen molar-refractivity contribution in [1.29, 1.82) is 0 Å². The highest BCUT2D eigenvalue weighted by Crippen LogP contribution is 2.10. The molecule has 0 spiro atoms. The van der Waals surface area contributed by atoms with Gasteiger partial charge < -0.3 is 8.92 Å². The van der Waals surface area contributed by atoms with Crippen LogP contribution in [0.4, 0.5) is 0 Å². The van der Waals surface area contributed by atoms with Crippen LogP contribution in [0, 0.1) is 0 Å². The molecule has 1 aliphatic heterocycles. The van der Waals surface area contributed by atoms with E-state index in [0.29, 0.717) is 6.10 Å². The Balaban J connectivity index is 1.98. The van der Waals surface area contributed by atoms with Crippen LogP contribution in [0.5, 0.6) is 0 Å². The molecule has 0 N–H and O–H groups in total. The van der Waals surface area contributed by atoms with Gasteiger partial charge in [0.15, 0.2) is 0 Å². The lowest BCUT2D eigenvalue weighted by atomic mass is 10.5. The monoisotopic (exact) mass is 191 g/mol. The predicted octanol–water partition coefficient (Wildman–Crippen LogP) is 1.35. The first-order valence-corrected chi connectivity index (χ1v) is 5.28. The Labute approximate surface area is 78.6 Å². The van der Waals surface area contributed by atoms with Crippen molar-refractivity contribution in [3.63, 3.8) is 0 Å². The highest BCUT2D eigenvalue weighted by Gasteiger charge is 2.09. The summed E-state index contributed by atoms with van der Waals surface area (Å²) in [6.07, 6.45) is 0.316. The molecule has 1 saturated heterocycles. The van der Waals surface area contributed by atoms with Gasteiger partial charge in [0.25, 0.3) is 0 Å². The Hall–Kier alpha value is 0.230. The van der Waals surface area contributed by atoms with Crippen LogP contribution in [0.1, 0.15) is 13.8 Å².